The van der Waals surface area contributed by atoms with Gasteiger partial charge in [-0.1, -0.05) is 19.9 Å². The van der Waals surface area contributed by atoms with E-state index in [9.17, 15) is 23.3 Å². The molecule has 0 spiro atoms. The number of carboxylic acid groups (broad SMARTS) is 1. The first-order valence-electron chi connectivity index (χ1n) is 8.43. The Hall–Kier alpha value is -2.04. The highest BCUT2D eigenvalue weighted by Crippen LogP contribution is 2.29. The van der Waals surface area contributed by atoms with Crippen molar-refractivity contribution in [2.24, 2.45) is 0 Å². The summed E-state index contributed by atoms with van der Waals surface area (Å²) in [6, 6.07) is 3.54. The summed E-state index contributed by atoms with van der Waals surface area (Å²) in [5.41, 5.74) is 0.243. The summed E-state index contributed by atoms with van der Waals surface area (Å²) in [5.74, 6) is -0.917. The minimum Gasteiger partial charge on any atom is -0.480 e. The van der Waals surface area contributed by atoms with E-state index in [0.717, 1.165) is 6.07 Å². The summed E-state index contributed by atoms with van der Waals surface area (Å²) in [6.45, 7) is 4.13. The normalized spacial score (nSPS) is 20.0. The van der Waals surface area contributed by atoms with Gasteiger partial charge in [-0.3, -0.25) is 19.8 Å². The van der Waals surface area contributed by atoms with Crippen LogP contribution in [0.25, 0.3) is 0 Å². The molecule has 144 valence electrons. The lowest BCUT2D eigenvalue weighted by Gasteiger charge is -2.42. The smallest absolute Gasteiger partial charge is 0.317 e. The van der Waals surface area contributed by atoms with Crippen LogP contribution < -0.4 is 4.72 Å². The number of carboxylic acids is 1. The van der Waals surface area contributed by atoms with Crippen LogP contribution in [0.2, 0.25) is 0 Å². The van der Waals surface area contributed by atoms with Crippen molar-refractivity contribution in [1.29, 1.82) is 0 Å². The number of hydrogen-bond acceptors (Lipinski definition) is 6. The van der Waals surface area contributed by atoms with Crippen LogP contribution in [0.3, 0.4) is 0 Å². The lowest BCUT2D eigenvalue weighted by molar-refractivity contribution is -0.385. The molecule has 0 aromatic heterocycles. The number of carbonyl (C=O) groups is 1. The number of nitro groups is 1. The van der Waals surface area contributed by atoms with Crippen LogP contribution >= 0.6 is 0 Å². The summed E-state index contributed by atoms with van der Waals surface area (Å²) in [4.78, 5) is 22.9. The second-order valence-electron chi connectivity index (χ2n) is 6.30. The molecule has 1 aliphatic carbocycles. The van der Waals surface area contributed by atoms with E-state index in [1.54, 1.807) is 11.8 Å². The molecule has 2 rings (SSSR count). The number of benzene rings is 1. The Kier molecular flexibility index (Phi) is 6.32. The molecule has 0 amide bonds. The average molecular weight is 385 g/mol. The van der Waals surface area contributed by atoms with Crippen molar-refractivity contribution in [3.63, 3.8) is 0 Å². The van der Waals surface area contributed by atoms with Crippen LogP contribution in [0.1, 0.15) is 32.3 Å². The second kappa shape index (κ2) is 8.11. The Morgan fingerprint density at radius 2 is 2.04 bits per heavy atom. The van der Waals surface area contributed by atoms with Gasteiger partial charge in [-0.2, -0.15) is 0 Å². The fourth-order valence-corrected chi connectivity index (χ4v) is 4.73. The molecule has 26 heavy (non-hydrogen) atoms. The maximum Gasteiger partial charge on any atom is 0.317 e. The highest BCUT2D eigenvalue weighted by Gasteiger charge is 2.37. The number of nitrogens with one attached hydrogen (secondary N) is 1. The maximum absolute atomic E-state index is 12.7. The van der Waals surface area contributed by atoms with Crippen molar-refractivity contribution in [2.45, 2.75) is 50.1 Å². The summed E-state index contributed by atoms with van der Waals surface area (Å²) in [5, 5.41) is 19.9. The van der Waals surface area contributed by atoms with Gasteiger partial charge in [0, 0.05) is 24.2 Å². The fourth-order valence-electron chi connectivity index (χ4n) is 3.14. The zero-order valence-corrected chi connectivity index (χ0v) is 15.5. The van der Waals surface area contributed by atoms with Gasteiger partial charge >= 0.3 is 5.97 Å². The van der Waals surface area contributed by atoms with Crippen LogP contribution in [0.4, 0.5) is 5.69 Å². The SMILES string of the molecule is CCc1ccc([N+](=O)[O-])cc1S(=O)(=O)NC1CC(N(CC)CC(=O)O)C1. The molecule has 0 unspecified atom stereocenters. The van der Waals surface area contributed by atoms with Gasteiger partial charge in [0.1, 0.15) is 0 Å². The molecule has 1 fully saturated rings. The lowest BCUT2D eigenvalue weighted by Crippen LogP contribution is -2.54. The molecule has 10 heteroatoms. The number of aryl methyl sites for hydroxylation is 1. The number of rotatable bonds is 9. The van der Waals surface area contributed by atoms with E-state index in [2.05, 4.69) is 4.72 Å². The molecule has 0 heterocycles. The molecule has 9 nitrogen and oxygen atoms in total. The van der Waals surface area contributed by atoms with Crippen LogP contribution in [-0.4, -0.2) is 54.5 Å². The number of hydrogen-bond donors (Lipinski definition) is 2. The van der Waals surface area contributed by atoms with Crippen LogP contribution in [0.5, 0.6) is 0 Å². The summed E-state index contributed by atoms with van der Waals surface area (Å²) >= 11 is 0. The van der Waals surface area contributed by atoms with Gasteiger partial charge in [-0.25, -0.2) is 13.1 Å². The van der Waals surface area contributed by atoms with Gasteiger partial charge in [0.15, 0.2) is 0 Å². The fraction of sp³-hybridized carbons (Fsp3) is 0.562. The van der Waals surface area contributed by atoms with Gasteiger partial charge in [0.05, 0.1) is 16.4 Å². The Morgan fingerprint density at radius 1 is 1.38 bits per heavy atom. The molecule has 0 radical (unpaired) electrons. The van der Waals surface area contributed by atoms with Crippen LogP contribution in [-0.2, 0) is 21.2 Å². The highest BCUT2D eigenvalue weighted by atomic mass is 32.2. The first kappa shape index (κ1) is 20.3. The zero-order chi connectivity index (χ0) is 19.5. The Bertz CT molecular complexity index is 789. The Labute approximate surface area is 152 Å². The maximum atomic E-state index is 12.7. The number of sulfonamides is 1. The molecule has 0 atom stereocenters. The number of likely N-dealkylation sites (N-methyl/N-ethyl adjacent to an activating group) is 1. The summed E-state index contributed by atoms with van der Waals surface area (Å²) in [7, 11) is -3.89. The molecule has 0 bridgehead atoms. The summed E-state index contributed by atoms with van der Waals surface area (Å²) in [6.07, 6.45) is 1.46. The van der Waals surface area contributed by atoms with Crippen molar-refractivity contribution in [1.82, 2.24) is 9.62 Å². The molecule has 1 aromatic rings. The predicted molar refractivity (Wildman–Crippen MR) is 94.5 cm³/mol. The van der Waals surface area contributed by atoms with E-state index < -0.39 is 20.9 Å². The third kappa shape index (κ3) is 4.57. The second-order valence-corrected chi connectivity index (χ2v) is 7.99. The van der Waals surface area contributed by atoms with Crippen molar-refractivity contribution < 1.29 is 23.2 Å². The Morgan fingerprint density at radius 3 is 2.54 bits per heavy atom. The standard InChI is InChI=1S/C16H23N3O6S/c1-3-11-5-6-13(19(22)23)9-15(11)26(24,25)17-12-7-14(8-12)18(4-2)10-16(20)21/h5-6,9,12,14,17H,3-4,7-8,10H2,1-2H3,(H,20,21). The first-order chi connectivity index (χ1) is 12.2. The van der Waals surface area contributed by atoms with Crippen LogP contribution in [0, 0.1) is 10.1 Å². The van der Waals surface area contributed by atoms with E-state index in [1.165, 1.54) is 12.1 Å². The molecule has 0 saturated heterocycles. The minimum atomic E-state index is -3.89. The van der Waals surface area contributed by atoms with Crippen LogP contribution in [0.15, 0.2) is 23.1 Å². The molecule has 1 aliphatic rings. The molecule has 1 saturated carbocycles. The highest BCUT2D eigenvalue weighted by molar-refractivity contribution is 7.89. The molecular formula is C16H23N3O6S. The third-order valence-electron chi connectivity index (χ3n) is 4.63. The average Bonchev–Trinajstić information content (AvgIpc) is 2.55. The monoisotopic (exact) mass is 385 g/mol. The van der Waals surface area contributed by atoms with Crippen molar-refractivity contribution in [2.75, 3.05) is 13.1 Å². The first-order valence-corrected chi connectivity index (χ1v) is 9.91. The Balaban J connectivity index is 2.10. The largest absolute Gasteiger partial charge is 0.480 e. The molecule has 0 aliphatic heterocycles. The van der Waals surface area contributed by atoms with Gasteiger partial charge < -0.3 is 5.11 Å². The topological polar surface area (TPSA) is 130 Å². The number of nitro benzene ring substituents is 1. The lowest BCUT2D eigenvalue weighted by atomic mass is 9.86. The van der Waals surface area contributed by atoms with Crippen molar-refractivity contribution in [3.05, 3.63) is 33.9 Å². The molecule has 2 N–H and O–H groups in total. The third-order valence-corrected chi connectivity index (χ3v) is 6.23. The van der Waals surface area contributed by atoms with E-state index in [0.29, 0.717) is 31.4 Å². The number of nitrogens with zero attached hydrogens (tertiary/aromatic N) is 2. The predicted octanol–water partition coefficient (Wildman–Crippen LogP) is 1.37. The molecule has 1 aromatic carbocycles. The van der Waals surface area contributed by atoms with Crippen molar-refractivity contribution in [3.8, 4) is 0 Å². The van der Waals surface area contributed by atoms with Gasteiger partial charge in [0.2, 0.25) is 10.0 Å². The summed E-state index contributed by atoms with van der Waals surface area (Å²) < 4.78 is 27.9. The van der Waals surface area contributed by atoms with Gasteiger partial charge in [-0.15, -0.1) is 0 Å². The minimum absolute atomic E-state index is 0.0135. The van der Waals surface area contributed by atoms with E-state index in [-0.39, 0.29) is 29.2 Å². The van der Waals surface area contributed by atoms with Crippen molar-refractivity contribution >= 4 is 21.7 Å². The zero-order valence-electron chi connectivity index (χ0n) is 14.7. The van der Waals surface area contributed by atoms with Gasteiger partial charge in [-0.05, 0) is 31.4 Å². The number of aliphatic carboxylic acids is 1. The van der Waals surface area contributed by atoms with E-state index in [1.807, 2.05) is 6.92 Å². The van der Waals surface area contributed by atoms with Gasteiger partial charge in [0.25, 0.3) is 5.69 Å². The van der Waals surface area contributed by atoms with E-state index >= 15 is 0 Å². The quantitative estimate of drug-likeness (QED) is 0.485. The molecular weight excluding hydrogens is 362 g/mol. The van der Waals surface area contributed by atoms with E-state index in [4.69, 9.17) is 5.11 Å². The number of non-ortho nitro benzene ring substituents is 1.